The van der Waals surface area contributed by atoms with Crippen LogP contribution in [0.1, 0.15) is 17.1 Å². The lowest BCUT2D eigenvalue weighted by Crippen LogP contribution is -1.97. The fourth-order valence-electron chi connectivity index (χ4n) is 1.75. The topological polar surface area (TPSA) is 127 Å². The number of nitriles is 1. The molecular weight excluding hydrogens is 298 g/mol. The van der Waals surface area contributed by atoms with Gasteiger partial charge < -0.3 is 4.42 Å². The number of benzene rings is 1. The van der Waals surface area contributed by atoms with Gasteiger partial charge in [-0.05, 0) is 0 Å². The maximum absolute atomic E-state index is 11.5. The van der Waals surface area contributed by atoms with Crippen LogP contribution in [-0.4, -0.2) is 24.6 Å². The first-order valence-electron chi connectivity index (χ1n) is 5.65. The average molecular weight is 307 g/mol. The summed E-state index contributed by atoms with van der Waals surface area (Å²) in [5.74, 6) is -0.0683. The number of oxazole rings is 1. The van der Waals surface area contributed by atoms with Crippen molar-refractivity contribution >= 4 is 15.5 Å². The van der Waals surface area contributed by atoms with E-state index < -0.39 is 19.9 Å². The van der Waals surface area contributed by atoms with E-state index in [1.165, 1.54) is 18.2 Å². The predicted octanol–water partition coefficient (Wildman–Crippen LogP) is 1.45. The number of rotatable bonds is 4. The van der Waals surface area contributed by atoms with E-state index in [4.69, 9.17) is 9.68 Å². The Bertz CT molecular complexity index is 848. The molecule has 0 unspecified atom stereocenters. The minimum atomic E-state index is -3.73. The van der Waals surface area contributed by atoms with Gasteiger partial charge in [0, 0.05) is 17.9 Å². The standard InChI is InChI=1S/C12H9N3O5S/c1-21(18,19)12-9(7-13)14-11(20-12)6-8-4-2-3-5-10(8)15(16)17/h2-5H,6H2,1H3. The van der Waals surface area contributed by atoms with Crippen molar-refractivity contribution in [1.82, 2.24) is 4.98 Å². The SMILES string of the molecule is CS(=O)(=O)c1oc(Cc2ccccc2[N+](=O)[O-])nc1C#N. The van der Waals surface area contributed by atoms with Crippen LogP contribution in [0.5, 0.6) is 0 Å². The van der Waals surface area contributed by atoms with E-state index in [1.54, 1.807) is 12.1 Å². The van der Waals surface area contributed by atoms with Crippen LogP contribution in [0, 0.1) is 21.4 Å². The number of nitro benzene ring substituents is 1. The average Bonchev–Trinajstić information content (AvgIpc) is 2.82. The maximum atomic E-state index is 11.5. The second-order valence-corrected chi connectivity index (χ2v) is 6.11. The minimum absolute atomic E-state index is 0.0683. The van der Waals surface area contributed by atoms with Gasteiger partial charge in [0.1, 0.15) is 6.07 Å². The zero-order chi connectivity index (χ0) is 15.6. The van der Waals surface area contributed by atoms with E-state index in [0.29, 0.717) is 5.56 Å². The number of aromatic nitrogens is 1. The van der Waals surface area contributed by atoms with Crippen LogP contribution in [-0.2, 0) is 16.3 Å². The van der Waals surface area contributed by atoms with E-state index in [9.17, 15) is 18.5 Å². The fraction of sp³-hybridized carbons (Fsp3) is 0.167. The molecule has 108 valence electrons. The van der Waals surface area contributed by atoms with E-state index in [2.05, 4.69) is 4.98 Å². The molecule has 1 heterocycles. The van der Waals surface area contributed by atoms with Crippen molar-refractivity contribution in [2.45, 2.75) is 11.5 Å². The van der Waals surface area contributed by atoms with Crippen LogP contribution in [0.25, 0.3) is 0 Å². The van der Waals surface area contributed by atoms with Gasteiger partial charge in [-0.2, -0.15) is 5.26 Å². The Morgan fingerprint density at radius 3 is 2.62 bits per heavy atom. The number of nitrogens with zero attached hydrogens (tertiary/aromatic N) is 3. The molecule has 2 aromatic rings. The molecule has 0 aliphatic carbocycles. The number of hydrogen-bond donors (Lipinski definition) is 0. The normalized spacial score (nSPS) is 11.0. The van der Waals surface area contributed by atoms with Gasteiger partial charge in [-0.1, -0.05) is 18.2 Å². The second kappa shape index (κ2) is 5.34. The monoisotopic (exact) mass is 307 g/mol. The number of para-hydroxylation sites is 1. The van der Waals surface area contributed by atoms with Gasteiger partial charge in [0.05, 0.1) is 11.3 Å². The van der Waals surface area contributed by atoms with E-state index >= 15 is 0 Å². The van der Waals surface area contributed by atoms with Gasteiger partial charge in [0.2, 0.25) is 15.7 Å². The Labute approximate surface area is 119 Å². The summed E-state index contributed by atoms with van der Waals surface area (Å²) >= 11 is 0. The lowest BCUT2D eigenvalue weighted by Gasteiger charge is -1.99. The zero-order valence-electron chi connectivity index (χ0n) is 10.8. The molecule has 2 rings (SSSR count). The molecule has 0 aliphatic rings. The highest BCUT2D eigenvalue weighted by Gasteiger charge is 2.23. The molecule has 21 heavy (non-hydrogen) atoms. The highest BCUT2D eigenvalue weighted by atomic mass is 32.2. The summed E-state index contributed by atoms with van der Waals surface area (Å²) < 4.78 is 28.0. The number of nitro groups is 1. The van der Waals surface area contributed by atoms with Crippen LogP contribution < -0.4 is 0 Å². The van der Waals surface area contributed by atoms with Crippen LogP contribution >= 0.6 is 0 Å². The number of hydrogen-bond acceptors (Lipinski definition) is 7. The largest absolute Gasteiger partial charge is 0.427 e. The quantitative estimate of drug-likeness (QED) is 0.617. The molecule has 8 nitrogen and oxygen atoms in total. The van der Waals surface area contributed by atoms with Crippen molar-refractivity contribution < 1.29 is 17.8 Å². The third-order valence-electron chi connectivity index (χ3n) is 2.61. The summed E-state index contributed by atoms with van der Waals surface area (Å²) in [5.41, 5.74) is -0.172. The van der Waals surface area contributed by atoms with Gasteiger partial charge in [-0.3, -0.25) is 10.1 Å². The molecule has 0 fully saturated rings. The zero-order valence-corrected chi connectivity index (χ0v) is 11.6. The van der Waals surface area contributed by atoms with E-state index in [-0.39, 0.29) is 23.7 Å². The molecule has 0 amide bonds. The lowest BCUT2D eigenvalue weighted by atomic mass is 10.1. The molecule has 0 N–H and O–H groups in total. The van der Waals surface area contributed by atoms with Crippen LogP contribution in [0.3, 0.4) is 0 Å². The van der Waals surface area contributed by atoms with Gasteiger partial charge in [-0.15, -0.1) is 0 Å². The molecule has 0 bridgehead atoms. The molecule has 9 heteroatoms. The number of sulfone groups is 1. The van der Waals surface area contributed by atoms with Crippen molar-refractivity contribution in [3.63, 3.8) is 0 Å². The molecule has 1 aromatic heterocycles. The molecule has 0 aliphatic heterocycles. The molecular formula is C12H9N3O5S. The van der Waals surface area contributed by atoms with Crippen molar-refractivity contribution in [1.29, 1.82) is 5.26 Å². The summed E-state index contributed by atoms with van der Waals surface area (Å²) in [6, 6.07) is 7.58. The van der Waals surface area contributed by atoms with E-state index in [0.717, 1.165) is 6.26 Å². The smallest absolute Gasteiger partial charge is 0.273 e. The molecule has 0 radical (unpaired) electrons. The first-order valence-corrected chi connectivity index (χ1v) is 7.54. The molecule has 0 saturated carbocycles. The maximum Gasteiger partial charge on any atom is 0.273 e. The lowest BCUT2D eigenvalue weighted by molar-refractivity contribution is -0.385. The minimum Gasteiger partial charge on any atom is -0.427 e. The van der Waals surface area contributed by atoms with Crippen LogP contribution in [0.15, 0.2) is 33.8 Å². The summed E-state index contributed by atoms with van der Waals surface area (Å²) in [6.07, 6.45) is 0.810. The third kappa shape index (κ3) is 3.06. The predicted molar refractivity (Wildman–Crippen MR) is 70.2 cm³/mol. The van der Waals surface area contributed by atoms with Gasteiger partial charge in [0.25, 0.3) is 10.8 Å². The van der Waals surface area contributed by atoms with Gasteiger partial charge in [-0.25, -0.2) is 13.4 Å². The Hall–Kier alpha value is -2.73. The third-order valence-corrected chi connectivity index (χ3v) is 3.56. The summed E-state index contributed by atoms with van der Waals surface area (Å²) in [7, 11) is -3.73. The second-order valence-electron chi connectivity index (χ2n) is 4.19. The Morgan fingerprint density at radius 2 is 2.10 bits per heavy atom. The van der Waals surface area contributed by atoms with Crippen molar-refractivity contribution in [2.24, 2.45) is 0 Å². The van der Waals surface area contributed by atoms with Crippen LogP contribution in [0.4, 0.5) is 5.69 Å². The molecule has 0 saturated heterocycles. The first-order chi connectivity index (χ1) is 9.82. The fourth-order valence-corrected chi connectivity index (χ4v) is 2.44. The van der Waals surface area contributed by atoms with Gasteiger partial charge in [0.15, 0.2) is 5.69 Å². The van der Waals surface area contributed by atoms with E-state index in [1.807, 2.05) is 0 Å². The Balaban J connectivity index is 2.45. The van der Waals surface area contributed by atoms with Crippen molar-refractivity contribution in [2.75, 3.05) is 6.26 Å². The highest BCUT2D eigenvalue weighted by Crippen LogP contribution is 2.23. The Kier molecular flexibility index (Phi) is 3.73. The summed E-state index contributed by atoms with van der Waals surface area (Å²) in [6.45, 7) is 0. The van der Waals surface area contributed by atoms with Crippen molar-refractivity contribution in [3.8, 4) is 6.07 Å². The molecule has 0 atom stereocenters. The Morgan fingerprint density at radius 1 is 1.43 bits per heavy atom. The van der Waals surface area contributed by atoms with Crippen molar-refractivity contribution in [3.05, 3.63) is 51.5 Å². The highest BCUT2D eigenvalue weighted by molar-refractivity contribution is 7.90. The van der Waals surface area contributed by atoms with Gasteiger partial charge >= 0.3 is 0 Å². The molecule has 0 spiro atoms. The van der Waals surface area contributed by atoms with Crippen LogP contribution in [0.2, 0.25) is 0 Å². The first kappa shape index (κ1) is 14.7. The summed E-state index contributed by atoms with van der Waals surface area (Å²) in [4.78, 5) is 14.1. The molecule has 1 aromatic carbocycles. The summed E-state index contributed by atoms with van der Waals surface area (Å²) in [5, 5.41) is 19.2.